The number of aromatic nitrogens is 1. The van der Waals surface area contributed by atoms with Gasteiger partial charge in [0.15, 0.2) is 0 Å². The third-order valence-electron chi connectivity index (χ3n) is 3.09. The average Bonchev–Trinajstić information content (AvgIpc) is 2.27. The summed E-state index contributed by atoms with van der Waals surface area (Å²) in [6.07, 6.45) is 1.91. The van der Waals surface area contributed by atoms with Crippen LogP contribution >= 0.6 is 0 Å². The van der Waals surface area contributed by atoms with Crippen LogP contribution in [-0.2, 0) is 0 Å². The summed E-state index contributed by atoms with van der Waals surface area (Å²) in [5.74, 6) is 1.12. The van der Waals surface area contributed by atoms with Crippen molar-refractivity contribution in [2.45, 2.75) is 39.5 Å². The highest BCUT2D eigenvalue weighted by molar-refractivity contribution is 5.83. The topological polar surface area (TPSA) is 12.9 Å². The summed E-state index contributed by atoms with van der Waals surface area (Å²) >= 11 is 0. The largest absolute Gasteiger partial charge is 0.256 e. The maximum Gasteiger partial charge on any atom is 0.0705 e. The van der Waals surface area contributed by atoms with Crippen molar-refractivity contribution in [2.24, 2.45) is 0 Å². The van der Waals surface area contributed by atoms with Crippen molar-refractivity contribution in [1.82, 2.24) is 4.98 Å². The molecule has 0 saturated carbocycles. The van der Waals surface area contributed by atoms with Crippen LogP contribution in [0.1, 0.15) is 50.7 Å². The number of nitrogens with zero attached hydrogens (tertiary/aromatic N) is 1. The molecule has 1 heteroatoms. The van der Waals surface area contributed by atoms with Gasteiger partial charge in [-0.15, -0.1) is 0 Å². The number of hydrogen-bond acceptors (Lipinski definition) is 1. The van der Waals surface area contributed by atoms with Gasteiger partial charge in [-0.2, -0.15) is 0 Å². The highest BCUT2D eigenvalue weighted by Gasteiger charge is 2.07. The quantitative estimate of drug-likeness (QED) is 0.716. The summed E-state index contributed by atoms with van der Waals surface area (Å²) in [6, 6.07) is 8.75. The number of hydrogen-bond donors (Lipinski definition) is 0. The van der Waals surface area contributed by atoms with Gasteiger partial charge in [-0.3, -0.25) is 4.98 Å². The number of rotatable bonds is 2. The molecule has 0 unspecified atom stereocenters. The summed E-state index contributed by atoms with van der Waals surface area (Å²) in [6.45, 7) is 8.92. The fourth-order valence-corrected chi connectivity index (χ4v) is 2.05. The Bertz CT molecular complexity index is 498. The van der Waals surface area contributed by atoms with E-state index in [1.54, 1.807) is 0 Å². The van der Waals surface area contributed by atoms with E-state index >= 15 is 0 Å². The van der Waals surface area contributed by atoms with E-state index in [0.29, 0.717) is 11.8 Å². The van der Waals surface area contributed by atoms with Gasteiger partial charge in [0.25, 0.3) is 0 Å². The van der Waals surface area contributed by atoms with Gasteiger partial charge in [-0.05, 0) is 41.2 Å². The van der Waals surface area contributed by atoms with Gasteiger partial charge in [-0.25, -0.2) is 0 Å². The second-order valence-electron chi connectivity index (χ2n) is 4.99. The van der Waals surface area contributed by atoms with Crippen LogP contribution in [0.25, 0.3) is 10.9 Å². The standard InChI is InChI=1S/C15H19N/c1-10(2)12-5-6-15-14(9-12)13(11(3)4)7-8-16-15/h5-11H,1-4H3. The zero-order valence-corrected chi connectivity index (χ0v) is 10.5. The molecular weight excluding hydrogens is 194 g/mol. The zero-order valence-electron chi connectivity index (χ0n) is 10.5. The van der Waals surface area contributed by atoms with E-state index < -0.39 is 0 Å². The minimum atomic E-state index is 0.549. The van der Waals surface area contributed by atoms with Crippen LogP contribution in [0.15, 0.2) is 30.5 Å². The van der Waals surface area contributed by atoms with Crippen molar-refractivity contribution < 1.29 is 0 Å². The van der Waals surface area contributed by atoms with Crippen molar-refractivity contribution in [3.63, 3.8) is 0 Å². The van der Waals surface area contributed by atoms with E-state index in [0.717, 1.165) is 5.52 Å². The van der Waals surface area contributed by atoms with E-state index in [1.165, 1.54) is 16.5 Å². The lowest BCUT2D eigenvalue weighted by atomic mass is 9.95. The number of fused-ring (bicyclic) bond motifs is 1. The Morgan fingerprint density at radius 3 is 2.31 bits per heavy atom. The molecule has 0 atom stereocenters. The molecule has 0 saturated heterocycles. The highest BCUT2D eigenvalue weighted by Crippen LogP contribution is 2.26. The number of pyridine rings is 1. The molecule has 1 aromatic heterocycles. The van der Waals surface area contributed by atoms with Crippen LogP contribution in [0.4, 0.5) is 0 Å². The molecule has 2 aromatic rings. The molecular formula is C15H19N. The van der Waals surface area contributed by atoms with Gasteiger partial charge in [0.2, 0.25) is 0 Å². The minimum Gasteiger partial charge on any atom is -0.256 e. The zero-order chi connectivity index (χ0) is 11.7. The first-order valence-corrected chi connectivity index (χ1v) is 5.98. The van der Waals surface area contributed by atoms with Crippen LogP contribution in [0.2, 0.25) is 0 Å². The van der Waals surface area contributed by atoms with Gasteiger partial charge >= 0.3 is 0 Å². The van der Waals surface area contributed by atoms with Gasteiger partial charge in [0, 0.05) is 11.6 Å². The third-order valence-corrected chi connectivity index (χ3v) is 3.09. The molecule has 0 radical (unpaired) electrons. The van der Waals surface area contributed by atoms with E-state index in [1.807, 2.05) is 6.20 Å². The highest BCUT2D eigenvalue weighted by atomic mass is 14.6. The summed E-state index contributed by atoms with van der Waals surface area (Å²) in [5.41, 5.74) is 3.89. The Morgan fingerprint density at radius 2 is 1.69 bits per heavy atom. The Morgan fingerprint density at radius 1 is 0.938 bits per heavy atom. The van der Waals surface area contributed by atoms with Gasteiger partial charge in [-0.1, -0.05) is 33.8 Å². The van der Waals surface area contributed by atoms with Crippen molar-refractivity contribution in [2.75, 3.05) is 0 Å². The Labute approximate surface area is 97.5 Å². The van der Waals surface area contributed by atoms with Gasteiger partial charge < -0.3 is 0 Å². The lowest BCUT2D eigenvalue weighted by Gasteiger charge is -2.12. The fourth-order valence-electron chi connectivity index (χ4n) is 2.05. The number of benzene rings is 1. The molecule has 16 heavy (non-hydrogen) atoms. The molecule has 0 aliphatic rings. The predicted octanol–water partition coefficient (Wildman–Crippen LogP) is 4.48. The maximum atomic E-state index is 4.42. The molecule has 1 nitrogen and oxygen atoms in total. The smallest absolute Gasteiger partial charge is 0.0705 e. The van der Waals surface area contributed by atoms with Crippen molar-refractivity contribution in [3.8, 4) is 0 Å². The second kappa shape index (κ2) is 4.25. The monoisotopic (exact) mass is 213 g/mol. The molecule has 0 fully saturated rings. The summed E-state index contributed by atoms with van der Waals surface area (Å²) < 4.78 is 0. The maximum absolute atomic E-state index is 4.42. The van der Waals surface area contributed by atoms with Crippen LogP contribution in [0.3, 0.4) is 0 Å². The molecule has 1 heterocycles. The molecule has 1 aromatic carbocycles. The third kappa shape index (κ3) is 1.95. The van der Waals surface area contributed by atoms with Crippen molar-refractivity contribution >= 4 is 10.9 Å². The first-order valence-electron chi connectivity index (χ1n) is 5.98. The normalized spacial score (nSPS) is 11.6. The van der Waals surface area contributed by atoms with Gasteiger partial charge in [0.1, 0.15) is 0 Å². The average molecular weight is 213 g/mol. The summed E-state index contributed by atoms with van der Waals surface area (Å²) in [7, 11) is 0. The predicted molar refractivity (Wildman–Crippen MR) is 69.9 cm³/mol. The second-order valence-corrected chi connectivity index (χ2v) is 4.99. The van der Waals surface area contributed by atoms with E-state index in [-0.39, 0.29) is 0 Å². The first kappa shape index (κ1) is 11.1. The first-order chi connectivity index (χ1) is 7.59. The molecule has 0 aliphatic heterocycles. The Kier molecular flexibility index (Phi) is 2.95. The molecule has 0 amide bonds. The van der Waals surface area contributed by atoms with Gasteiger partial charge in [0.05, 0.1) is 5.52 Å². The Hall–Kier alpha value is -1.37. The molecule has 0 bridgehead atoms. The summed E-state index contributed by atoms with van der Waals surface area (Å²) in [5, 5.41) is 1.31. The molecule has 0 N–H and O–H groups in total. The Balaban J connectivity index is 2.68. The molecule has 2 rings (SSSR count). The molecule has 84 valence electrons. The molecule has 0 spiro atoms. The lowest BCUT2D eigenvalue weighted by Crippen LogP contribution is -1.94. The van der Waals surface area contributed by atoms with Crippen molar-refractivity contribution in [1.29, 1.82) is 0 Å². The van der Waals surface area contributed by atoms with Crippen LogP contribution in [0, 0.1) is 0 Å². The summed E-state index contributed by atoms with van der Waals surface area (Å²) in [4.78, 5) is 4.42. The van der Waals surface area contributed by atoms with Crippen LogP contribution < -0.4 is 0 Å². The van der Waals surface area contributed by atoms with E-state index in [4.69, 9.17) is 0 Å². The minimum absolute atomic E-state index is 0.549. The van der Waals surface area contributed by atoms with E-state index in [9.17, 15) is 0 Å². The van der Waals surface area contributed by atoms with Crippen LogP contribution in [-0.4, -0.2) is 4.98 Å². The lowest BCUT2D eigenvalue weighted by molar-refractivity contribution is 0.861. The fraction of sp³-hybridized carbons (Fsp3) is 0.400. The van der Waals surface area contributed by atoms with E-state index in [2.05, 4.69) is 56.9 Å². The van der Waals surface area contributed by atoms with Crippen molar-refractivity contribution in [3.05, 3.63) is 41.6 Å². The van der Waals surface area contributed by atoms with Crippen LogP contribution in [0.5, 0.6) is 0 Å². The molecule has 0 aliphatic carbocycles. The SMILES string of the molecule is CC(C)c1ccc2nccc(C(C)C)c2c1.